The highest BCUT2D eigenvalue weighted by Gasteiger charge is 2.25. The van der Waals surface area contributed by atoms with Gasteiger partial charge in [-0.1, -0.05) is 57.9 Å². The number of nitrogens with two attached hydrogens (primary N) is 1. The molecule has 356 valence electrons. The van der Waals surface area contributed by atoms with Gasteiger partial charge in [0.1, 0.15) is 24.7 Å². The zero-order valence-corrected chi connectivity index (χ0v) is 35.7. The van der Waals surface area contributed by atoms with Crippen LogP contribution >= 0.6 is 0 Å². The molecule has 4 aromatic rings. The SMILES string of the molecule is C.CCCCC[C@H](NC(=O)c1cccc(OCCCF)c1)C(=O)COc1c(F)cccc1F.NCCCC[C@H](NC(=O)c1cccc(OCCCF)c1)C(=O)COc1c(F)cccc1F. The maximum atomic E-state index is 13.8. The average Bonchev–Trinajstić information content (AvgIpc) is 3.28. The summed E-state index contributed by atoms with van der Waals surface area (Å²) in [7, 11) is 0. The molecule has 17 heteroatoms. The van der Waals surface area contributed by atoms with Crippen LogP contribution in [-0.4, -0.2) is 81.8 Å². The molecule has 4 N–H and O–H groups in total. The van der Waals surface area contributed by atoms with E-state index in [0.717, 1.165) is 37.1 Å². The van der Waals surface area contributed by atoms with Crippen molar-refractivity contribution in [1.82, 2.24) is 10.6 Å². The first-order valence-corrected chi connectivity index (χ1v) is 21.0. The molecule has 0 saturated carbocycles. The molecule has 0 bridgehead atoms. The van der Waals surface area contributed by atoms with Crippen LogP contribution in [0.4, 0.5) is 26.3 Å². The van der Waals surface area contributed by atoms with E-state index in [1.807, 2.05) is 6.92 Å². The molecule has 0 aliphatic carbocycles. The van der Waals surface area contributed by atoms with Crippen LogP contribution in [0.3, 0.4) is 0 Å². The van der Waals surface area contributed by atoms with E-state index >= 15 is 0 Å². The molecule has 0 spiro atoms. The topological polar surface area (TPSA) is 155 Å². The standard InChI is InChI=1S/C24H28F3NO4.C23H27F3N2O4.CH4/c1-2-3-4-12-21(22(29)16-32-23-19(26)10-6-11-20(23)27)28-24(30)17-8-5-9-18(15-17)31-14-7-13-25;24-11-5-13-31-17-7-3-6-16(14-17)23(30)28-20(10-1-2-12-27)21(29)15-32-22-18(25)8-4-9-19(22)26;/h5-6,8-11,15,21H,2-4,7,12-14,16H2,1H3,(H,28,30);3-4,6-9,14,20H,1-2,5,10-13,15,27H2,(H,28,30);1H4/t21-;20-;/m00./s1. The lowest BCUT2D eigenvalue weighted by atomic mass is 10.0. The van der Waals surface area contributed by atoms with Crippen LogP contribution in [0.5, 0.6) is 23.0 Å². The molecule has 0 fully saturated rings. The van der Waals surface area contributed by atoms with Gasteiger partial charge in [-0.3, -0.25) is 28.0 Å². The Labute approximate surface area is 376 Å². The molecule has 4 rings (SSSR count). The summed E-state index contributed by atoms with van der Waals surface area (Å²) in [4.78, 5) is 50.8. The molecule has 65 heavy (non-hydrogen) atoms. The van der Waals surface area contributed by atoms with Crippen molar-refractivity contribution in [3.8, 4) is 23.0 Å². The number of nitrogens with one attached hydrogen (secondary N) is 2. The number of carbonyl (C=O) groups is 4. The predicted molar refractivity (Wildman–Crippen MR) is 235 cm³/mol. The molecular weight excluding hydrogens is 861 g/mol. The number of para-hydroxylation sites is 2. The van der Waals surface area contributed by atoms with E-state index in [1.165, 1.54) is 24.3 Å². The first-order valence-electron chi connectivity index (χ1n) is 21.0. The number of ketones is 2. The minimum Gasteiger partial charge on any atom is -0.493 e. The first-order chi connectivity index (χ1) is 30.9. The monoisotopic (exact) mass is 919 g/mol. The van der Waals surface area contributed by atoms with Gasteiger partial charge in [-0.25, -0.2) is 17.6 Å². The smallest absolute Gasteiger partial charge is 0.251 e. The molecule has 0 aliphatic heterocycles. The van der Waals surface area contributed by atoms with E-state index < -0.39 is 96.8 Å². The van der Waals surface area contributed by atoms with Gasteiger partial charge in [-0.15, -0.1) is 0 Å². The maximum absolute atomic E-state index is 13.8. The lowest BCUT2D eigenvalue weighted by Crippen LogP contribution is -2.43. The highest BCUT2D eigenvalue weighted by atomic mass is 19.2. The van der Waals surface area contributed by atoms with Crippen molar-refractivity contribution in [2.75, 3.05) is 46.3 Å². The fourth-order valence-electron chi connectivity index (χ4n) is 5.87. The summed E-state index contributed by atoms with van der Waals surface area (Å²) < 4.78 is 100. The summed E-state index contributed by atoms with van der Waals surface area (Å²) in [6.45, 7) is 0.582. The van der Waals surface area contributed by atoms with Crippen LogP contribution in [0.15, 0.2) is 84.9 Å². The number of alkyl halides is 2. The second kappa shape index (κ2) is 30.9. The number of hydrogen-bond acceptors (Lipinski definition) is 9. The molecule has 0 saturated heterocycles. The van der Waals surface area contributed by atoms with E-state index in [-0.39, 0.29) is 51.0 Å². The van der Waals surface area contributed by atoms with E-state index in [4.69, 9.17) is 24.7 Å². The van der Waals surface area contributed by atoms with Crippen molar-refractivity contribution in [3.05, 3.63) is 119 Å². The van der Waals surface area contributed by atoms with Crippen molar-refractivity contribution < 1.29 is 64.5 Å². The van der Waals surface area contributed by atoms with Gasteiger partial charge in [0.05, 0.1) is 38.6 Å². The number of ether oxygens (including phenoxy) is 4. The van der Waals surface area contributed by atoms with E-state index in [2.05, 4.69) is 10.6 Å². The number of carbonyl (C=O) groups excluding carboxylic acids is 4. The molecule has 0 aliphatic rings. The quantitative estimate of drug-likeness (QED) is 0.0374. The fraction of sp³-hybridized carbons (Fsp3) is 0.417. The van der Waals surface area contributed by atoms with Crippen LogP contribution in [-0.2, 0) is 9.59 Å². The number of unbranched alkanes of at least 4 members (excludes halogenated alkanes) is 3. The summed E-state index contributed by atoms with van der Waals surface area (Å²) in [6.07, 6.45) is 4.81. The largest absolute Gasteiger partial charge is 0.493 e. The van der Waals surface area contributed by atoms with Gasteiger partial charge in [0, 0.05) is 24.0 Å². The second-order valence-corrected chi connectivity index (χ2v) is 14.3. The molecule has 2 atom stereocenters. The number of Topliss-reactive ketones (excluding diaryl/α,β-unsaturated/α-hetero) is 2. The average molecular weight is 920 g/mol. The Morgan fingerprint density at radius 2 is 0.938 bits per heavy atom. The molecular formula is C48H59F6N3O8. The van der Waals surface area contributed by atoms with Gasteiger partial charge in [0.2, 0.25) is 0 Å². The summed E-state index contributed by atoms with van der Waals surface area (Å²) in [6, 6.07) is 17.3. The summed E-state index contributed by atoms with van der Waals surface area (Å²) in [5, 5.41) is 5.32. The zero-order valence-electron chi connectivity index (χ0n) is 35.7. The molecule has 2 amide bonds. The van der Waals surface area contributed by atoms with E-state index in [9.17, 15) is 45.5 Å². The predicted octanol–water partition coefficient (Wildman–Crippen LogP) is 9.24. The minimum atomic E-state index is -0.931. The second-order valence-electron chi connectivity index (χ2n) is 14.3. The van der Waals surface area contributed by atoms with Crippen molar-refractivity contribution in [2.24, 2.45) is 5.73 Å². The Morgan fingerprint density at radius 1 is 0.554 bits per heavy atom. The lowest BCUT2D eigenvalue weighted by Gasteiger charge is -2.18. The van der Waals surface area contributed by atoms with Crippen LogP contribution in [0.2, 0.25) is 0 Å². The van der Waals surface area contributed by atoms with E-state index in [0.29, 0.717) is 43.7 Å². The van der Waals surface area contributed by atoms with Crippen molar-refractivity contribution >= 4 is 23.4 Å². The van der Waals surface area contributed by atoms with Gasteiger partial charge < -0.3 is 35.3 Å². The zero-order chi connectivity index (χ0) is 46.7. The fourth-order valence-corrected chi connectivity index (χ4v) is 5.87. The van der Waals surface area contributed by atoms with Gasteiger partial charge in [0.25, 0.3) is 11.8 Å². The number of benzene rings is 4. The van der Waals surface area contributed by atoms with Gasteiger partial charge in [-0.2, -0.15) is 0 Å². The van der Waals surface area contributed by atoms with Crippen molar-refractivity contribution in [1.29, 1.82) is 0 Å². The molecule has 0 heterocycles. The van der Waals surface area contributed by atoms with Crippen LogP contribution in [0.1, 0.15) is 92.9 Å². The van der Waals surface area contributed by atoms with Gasteiger partial charge in [-0.05, 0) is 92.9 Å². The first kappa shape index (κ1) is 55.0. The summed E-state index contributed by atoms with van der Waals surface area (Å²) in [5.41, 5.74) is 6.03. The molecule has 4 aromatic carbocycles. The number of hydrogen-bond donors (Lipinski definition) is 3. The highest BCUT2D eigenvalue weighted by Crippen LogP contribution is 2.23. The Morgan fingerprint density at radius 3 is 1.31 bits per heavy atom. The number of rotatable bonds is 28. The summed E-state index contributed by atoms with van der Waals surface area (Å²) in [5.74, 6) is -6.17. The normalized spacial score (nSPS) is 11.4. The molecule has 0 unspecified atom stereocenters. The lowest BCUT2D eigenvalue weighted by molar-refractivity contribution is -0.123. The third kappa shape index (κ3) is 19.7. The Bertz CT molecular complexity index is 1890. The molecule has 11 nitrogen and oxygen atoms in total. The minimum absolute atomic E-state index is 0. The van der Waals surface area contributed by atoms with Crippen LogP contribution in [0, 0.1) is 23.3 Å². The molecule has 0 radical (unpaired) electrons. The Hall–Kier alpha value is -6.10. The van der Waals surface area contributed by atoms with E-state index in [1.54, 1.807) is 36.4 Å². The maximum Gasteiger partial charge on any atom is 0.251 e. The number of halogens is 6. The third-order valence-electron chi connectivity index (χ3n) is 9.27. The van der Waals surface area contributed by atoms with Crippen molar-refractivity contribution in [3.63, 3.8) is 0 Å². The summed E-state index contributed by atoms with van der Waals surface area (Å²) >= 11 is 0. The molecule has 0 aromatic heterocycles. The third-order valence-corrected chi connectivity index (χ3v) is 9.27. The number of amides is 2. The highest BCUT2D eigenvalue weighted by molar-refractivity contribution is 5.99. The van der Waals surface area contributed by atoms with Crippen LogP contribution in [0.25, 0.3) is 0 Å². The van der Waals surface area contributed by atoms with Crippen molar-refractivity contribution in [2.45, 2.75) is 84.2 Å². The van der Waals surface area contributed by atoms with Gasteiger partial charge >= 0.3 is 0 Å². The Kier molecular flexibility index (Phi) is 26.2. The van der Waals surface area contributed by atoms with Gasteiger partial charge in [0.15, 0.2) is 46.3 Å². The Balaban J connectivity index is 0.000000440. The van der Waals surface area contributed by atoms with Crippen LogP contribution < -0.4 is 35.3 Å².